The van der Waals surface area contributed by atoms with E-state index in [1.165, 1.54) is 6.07 Å². The molecule has 0 saturated heterocycles. The molecule has 0 radical (unpaired) electrons. The van der Waals surface area contributed by atoms with Crippen molar-refractivity contribution in [3.63, 3.8) is 0 Å². The molecule has 0 N–H and O–H groups in total. The number of nitro benzene ring substituents is 1. The summed E-state index contributed by atoms with van der Waals surface area (Å²) in [6.45, 7) is 0. The van der Waals surface area contributed by atoms with Gasteiger partial charge < -0.3 is 4.74 Å². The third-order valence-electron chi connectivity index (χ3n) is 2.53. The molecular formula is C13H8Br2ClNO3. The van der Waals surface area contributed by atoms with Gasteiger partial charge in [-0.15, -0.1) is 11.6 Å². The van der Waals surface area contributed by atoms with E-state index in [2.05, 4.69) is 31.9 Å². The SMILES string of the molecule is O=[N+]([O-])c1cccc(Br)c1Oc1cc(Br)ccc1CCl. The van der Waals surface area contributed by atoms with E-state index >= 15 is 0 Å². The van der Waals surface area contributed by atoms with Crippen LogP contribution in [-0.4, -0.2) is 4.92 Å². The second kappa shape index (κ2) is 6.56. The number of ether oxygens (including phenoxy) is 1. The molecule has 0 aliphatic rings. The average Bonchev–Trinajstić information content (AvgIpc) is 2.41. The minimum atomic E-state index is -0.488. The van der Waals surface area contributed by atoms with Crippen molar-refractivity contribution in [1.29, 1.82) is 0 Å². The zero-order valence-corrected chi connectivity index (χ0v) is 13.9. The Labute approximate surface area is 137 Å². The van der Waals surface area contributed by atoms with E-state index < -0.39 is 4.92 Å². The molecule has 0 aliphatic heterocycles. The molecule has 0 atom stereocenters. The van der Waals surface area contributed by atoms with E-state index in [0.717, 1.165) is 10.0 Å². The number of rotatable bonds is 4. The van der Waals surface area contributed by atoms with Gasteiger partial charge in [-0.2, -0.15) is 0 Å². The molecule has 0 bridgehead atoms. The lowest BCUT2D eigenvalue weighted by atomic mass is 10.2. The minimum Gasteiger partial charge on any atom is -0.449 e. The number of para-hydroxylation sites is 1. The first kappa shape index (κ1) is 15.3. The lowest BCUT2D eigenvalue weighted by Gasteiger charge is -2.11. The molecule has 0 unspecified atom stereocenters. The summed E-state index contributed by atoms with van der Waals surface area (Å²) < 4.78 is 7.01. The van der Waals surface area contributed by atoms with Crippen LogP contribution in [0.2, 0.25) is 0 Å². The number of alkyl halides is 1. The maximum absolute atomic E-state index is 11.1. The third kappa shape index (κ3) is 3.31. The molecular weight excluding hydrogens is 413 g/mol. The van der Waals surface area contributed by atoms with Crippen LogP contribution in [0.1, 0.15) is 5.56 Å². The molecule has 0 heterocycles. The van der Waals surface area contributed by atoms with E-state index in [1.807, 2.05) is 6.07 Å². The normalized spacial score (nSPS) is 10.3. The fourth-order valence-corrected chi connectivity index (χ4v) is 2.58. The molecule has 0 saturated carbocycles. The van der Waals surface area contributed by atoms with Crippen molar-refractivity contribution in [2.75, 3.05) is 0 Å². The van der Waals surface area contributed by atoms with Crippen LogP contribution in [0.5, 0.6) is 11.5 Å². The summed E-state index contributed by atoms with van der Waals surface area (Å²) in [5, 5.41) is 11.1. The Morgan fingerprint density at radius 1 is 1.25 bits per heavy atom. The van der Waals surface area contributed by atoms with Crippen LogP contribution in [0, 0.1) is 10.1 Å². The third-order valence-corrected chi connectivity index (χ3v) is 3.93. The van der Waals surface area contributed by atoms with Gasteiger partial charge in [0.2, 0.25) is 5.75 Å². The summed E-state index contributed by atoms with van der Waals surface area (Å²) in [6, 6.07) is 10.0. The maximum Gasteiger partial charge on any atom is 0.312 e. The molecule has 2 aromatic carbocycles. The van der Waals surface area contributed by atoms with Gasteiger partial charge >= 0.3 is 5.69 Å². The van der Waals surface area contributed by atoms with Crippen molar-refractivity contribution >= 4 is 49.1 Å². The average molecular weight is 421 g/mol. The van der Waals surface area contributed by atoms with Crippen LogP contribution in [0.4, 0.5) is 5.69 Å². The van der Waals surface area contributed by atoms with Crippen LogP contribution < -0.4 is 4.74 Å². The number of hydrogen-bond donors (Lipinski definition) is 0. The van der Waals surface area contributed by atoms with Crippen molar-refractivity contribution < 1.29 is 9.66 Å². The van der Waals surface area contributed by atoms with Crippen LogP contribution in [0.25, 0.3) is 0 Å². The summed E-state index contributed by atoms with van der Waals surface area (Å²) in [4.78, 5) is 10.6. The molecule has 20 heavy (non-hydrogen) atoms. The van der Waals surface area contributed by atoms with Gasteiger partial charge in [0.25, 0.3) is 0 Å². The summed E-state index contributed by atoms with van der Waals surface area (Å²) in [7, 11) is 0. The molecule has 0 aliphatic carbocycles. The first-order valence-electron chi connectivity index (χ1n) is 5.48. The fourth-order valence-electron chi connectivity index (χ4n) is 1.59. The number of benzene rings is 2. The second-order valence-corrected chi connectivity index (χ2v) is 5.87. The van der Waals surface area contributed by atoms with E-state index in [9.17, 15) is 10.1 Å². The molecule has 7 heteroatoms. The van der Waals surface area contributed by atoms with Crippen LogP contribution in [-0.2, 0) is 5.88 Å². The molecule has 0 fully saturated rings. The topological polar surface area (TPSA) is 52.4 Å². The van der Waals surface area contributed by atoms with E-state index in [1.54, 1.807) is 24.3 Å². The molecule has 0 spiro atoms. The number of nitro groups is 1. The maximum atomic E-state index is 11.1. The number of hydrogen-bond acceptors (Lipinski definition) is 3. The molecule has 0 amide bonds. The van der Waals surface area contributed by atoms with Gasteiger partial charge in [0.15, 0.2) is 0 Å². The van der Waals surface area contributed by atoms with Gasteiger partial charge in [-0.1, -0.05) is 28.1 Å². The molecule has 0 aromatic heterocycles. The Balaban J connectivity index is 2.50. The highest BCUT2D eigenvalue weighted by atomic mass is 79.9. The zero-order chi connectivity index (χ0) is 14.7. The predicted octanol–water partition coefficient (Wildman–Crippen LogP) is 5.65. The largest absolute Gasteiger partial charge is 0.449 e. The highest BCUT2D eigenvalue weighted by Gasteiger charge is 2.19. The summed E-state index contributed by atoms with van der Waals surface area (Å²) in [6.07, 6.45) is 0. The highest BCUT2D eigenvalue weighted by molar-refractivity contribution is 9.10. The van der Waals surface area contributed by atoms with Crippen LogP contribution in [0.3, 0.4) is 0 Å². The Morgan fingerprint density at radius 2 is 2.00 bits per heavy atom. The quantitative estimate of drug-likeness (QED) is 0.364. The summed E-state index contributed by atoms with van der Waals surface area (Å²) in [5.41, 5.74) is 0.639. The lowest BCUT2D eigenvalue weighted by Crippen LogP contribution is -1.96. The van der Waals surface area contributed by atoms with Gasteiger partial charge in [0.1, 0.15) is 5.75 Å². The van der Waals surface area contributed by atoms with Crippen molar-refractivity contribution in [3.8, 4) is 11.5 Å². The van der Waals surface area contributed by atoms with Crippen LogP contribution >= 0.6 is 43.5 Å². The summed E-state index contributed by atoms with van der Waals surface area (Å²) >= 11 is 12.5. The van der Waals surface area contributed by atoms with E-state index in [0.29, 0.717) is 10.2 Å². The number of nitrogens with zero attached hydrogens (tertiary/aromatic N) is 1. The van der Waals surface area contributed by atoms with Crippen molar-refractivity contribution in [1.82, 2.24) is 0 Å². The Bertz CT molecular complexity index is 664. The van der Waals surface area contributed by atoms with Gasteiger partial charge in [-0.05, 0) is 34.1 Å². The fraction of sp³-hybridized carbons (Fsp3) is 0.0769. The zero-order valence-electron chi connectivity index (χ0n) is 9.98. The smallest absolute Gasteiger partial charge is 0.312 e. The first-order chi connectivity index (χ1) is 9.52. The van der Waals surface area contributed by atoms with Crippen molar-refractivity contribution in [2.45, 2.75) is 5.88 Å². The molecule has 2 aromatic rings. The lowest BCUT2D eigenvalue weighted by molar-refractivity contribution is -0.385. The van der Waals surface area contributed by atoms with E-state index in [-0.39, 0.29) is 17.3 Å². The molecule has 104 valence electrons. The highest BCUT2D eigenvalue weighted by Crippen LogP contribution is 2.39. The Kier molecular flexibility index (Phi) is 5.01. The minimum absolute atomic E-state index is 0.111. The van der Waals surface area contributed by atoms with Gasteiger partial charge in [0.05, 0.1) is 15.3 Å². The van der Waals surface area contributed by atoms with Crippen molar-refractivity contribution in [3.05, 3.63) is 61.0 Å². The second-order valence-electron chi connectivity index (χ2n) is 3.83. The Hall–Kier alpha value is -1.11. The van der Waals surface area contributed by atoms with Gasteiger partial charge in [-0.3, -0.25) is 10.1 Å². The van der Waals surface area contributed by atoms with Crippen LogP contribution in [0.15, 0.2) is 45.3 Å². The molecule has 4 nitrogen and oxygen atoms in total. The standard InChI is InChI=1S/C13H8Br2ClNO3/c14-9-5-4-8(7-16)12(6-9)20-13-10(15)2-1-3-11(13)17(18)19/h1-6H,7H2. The van der Waals surface area contributed by atoms with E-state index in [4.69, 9.17) is 16.3 Å². The number of halogens is 3. The Morgan fingerprint density at radius 3 is 2.65 bits per heavy atom. The first-order valence-corrected chi connectivity index (χ1v) is 7.60. The predicted molar refractivity (Wildman–Crippen MR) is 84.6 cm³/mol. The van der Waals surface area contributed by atoms with Gasteiger partial charge in [0, 0.05) is 16.1 Å². The van der Waals surface area contributed by atoms with Crippen molar-refractivity contribution in [2.24, 2.45) is 0 Å². The monoisotopic (exact) mass is 419 g/mol. The van der Waals surface area contributed by atoms with Gasteiger partial charge in [-0.25, -0.2) is 0 Å². The molecule has 2 rings (SSSR count). The summed E-state index contributed by atoms with van der Waals surface area (Å²) in [5.74, 6) is 0.882.